The van der Waals surface area contributed by atoms with Crippen LogP contribution in [0.5, 0.6) is 0 Å². The van der Waals surface area contributed by atoms with Crippen LogP contribution in [-0.4, -0.2) is 0 Å². The number of para-hydroxylation sites is 2. The van der Waals surface area contributed by atoms with E-state index in [1.807, 2.05) is 13.8 Å². The second kappa shape index (κ2) is 7.80. The first-order valence-corrected chi connectivity index (χ1v) is 9.02. The fourth-order valence-electron chi connectivity index (χ4n) is 3.13. The molecule has 0 saturated heterocycles. The lowest BCUT2D eigenvalue weighted by Gasteiger charge is -2.15. The Balaban J connectivity index is 0.000000880. The average Bonchev–Trinajstić information content (AvgIpc) is 2.69. The normalized spacial score (nSPS) is 13.8. The summed E-state index contributed by atoms with van der Waals surface area (Å²) in [5, 5.41) is 4.78. The molecule has 4 rings (SSSR count). The standard InChI is InChI=1S/C21H18N2.C2H6/c1-2-23-19(14-12-17-8-4-6-10-21(17)23)15-18-13-11-16-7-3-5-9-20(16)22-18;1-2/h3-15H,2H2,1H3;1-2H3/p+1. The molecular weight excluding hydrogens is 304 g/mol. The van der Waals surface area contributed by atoms with Crippen molar-refractivity contribution in [1.82, 2.24) is 0 Å². The molecule has 0 radical (unpaired) electrons. The van der Waals surface area contributed by atoms with Gasteiger partial charge in [0, 0.05) is 35.0 Å². The molecule has 1 aliphatic rings. The molecule has 126 valence electrons. The molecule has 0 bridgehead atoms. The van der Waals surface area contributed by atoms with Gasteiger partial charge in [0.2, 0.25) is 11.2 Å². The van der Waals surface area contributed by atoms with Gasteiger partial charge in [-0.1, -0.05) is 50.3 Å². The molecule has 0 saturated carbocycles. The van der Waals surface area contributed by atoms with Crippen molar-refractivity contribution in [3.05, 3.63) is 83.7 Å². The number of fused-ring (bicyclic) bond motifs is 2. The Morgan fingerprint density at radius 1 is 0.880 bits per heavy atom. The zero-order valence-electron chi connectivity index (χ0n) is 15.2. The van der Waals surface area contributed by atoms with Gasteiger partial charge in [0.25, 0.3) is 0 Å². The molecule has 0 fully saturated rings. The molecule has 1 aliphatic heterocycles. The minimum Gasteiger partial charge on any atom is -0.355 e. The predicted molar refractivity (Wildman–Crippen MR) is 108 cm³/mol. The van der Waals surface area contributed by atoms with E-state index in [1.165, 1.54) is 22.2 Å². The summed E-state index contributed by atoms with van der Waals surface area (Å²) in [4.78, 5) is 0. The molecule has 25 heavy (non-hydrogen) atoms. The predicted octanol–water partition coefficient (Wildman–Crippen LogP) is 5.65. The molecule has 2 heterocycles. The number of aromatic nitrogens is 1. The molecule has 1 aromatic heterocycles. The SMILES string of the molecule is CC.CC[n+]1c(/C=C2\C=Cc3ccccc3N2)ccc2ccccc21. The van der Waals surface area contributed by atoms with Gasteiger partial charge in [0.05, 0.1) is 0 Å². The fourth-order valence-corrected chi connectivity index (χ4v) is 3.13. The lowest BCUT2D eigenvalue weighted by atomic mass is 10.1. The van der Waals surface area contributed by atoms with Crippen molar-refractivity contribution >= 4 is 28.7 Å². The van der Waals surface area contributed by atoms with Crippen molar-refractivity contribution in [2.75, 3.05) is 5.32 Å². The largest absolute Gasteiger partial charge is 0.355 e. The summed E-state index contributed by atoms with van der Waals surface area (Å²) in [6.07, 6.45) is 6.51. The lowest BCUT2D eigenvalue weighted by molar-refractivity contribution is -0.669. The number of nitrogens with zero attached hydrogens (tertiary/aromatic N) is 1. The third-order valence-corrected chi connectivity index (χ3v) is 4.27. The summed E-state index contributed by atoms with van der Waals surface area (Å²) in [5.41, 5.74) is 5.97. The van der Waals surface area contributed by atoms with Crippen LogP contribution >= 0.6 is 0 Å². The van der Waals surface area contributed by atoms with Gasteiger partial charge in [-0.15, -0.1) is 0 Å². The van der Waals surface area contributed by atoms with Crippen molar-refractivity contribution < 1.29 is 4.57 Å². The van der Waals surface area contributed by atoms with E-state index in [0.29, 0.717) is 0 Å². The second-order valence-corrected chi connectivity index (χ2v) is 5.71. The van der Waals surface area contributed by atoms with Gasteiger partial charge < -0.3 is 5.32 Å². The van der Waals surface area contributed by atoms with E-state index >= 15 is 0 Å². The van der Waals surface area contributed by atoms with Gasteiger partial charge in [0.15, 0.2) is 0 Å². The van der Waals surface area contributed by atoms with Gasteiger partial charge >= 0.3 is 0 Å². The van der Waals surface area contributed by atoms with Crippen LogP contribution in [0, 0.1) is 0 Å². The van der Waals surface area contributed by atoms with E-state index in [2.05, 4.69) is 95.7 Å². The van der Waals surface area contributed by atoms with Crippen LogP contribution < -0.4 is 9.88 Å². The van der Waals surface area contributed by atoms with E-state index in [1.54, 1.807) is 0 Å². The van der Waals surface area contributed by atoms with Crippen LogP contribution in [0.15, 0.2) is 72.4 Å². The molecule has 2 heteroatoms. The van der Waals surface area contributed by atoms with E-state index in [9.17, 15) is 0 Å². The molecule has 0 amide bonds. The Labute approximate surface area is 150 Å². The highest BCUT2D eigenvalue weighted by atomic mass is 15.0. The highest BCUT2D eigenvalue weighted by molar-refractivity contribution is 5.79. The molecule has 0 atom stereocenters. The summed E-state index contributed by atoms with van der Waals surface area (Å²) in [5.74, 6) is 0. The molecule has 0 aliphatic carbocycles. The fraction of sp³-hybridized carbons (Fsp3) is 0.174. The number of anilines is 1. The highest BCUT2D eigenvalue weighted by Crippen LogP contribution is 2.25. The second-order valence-electron chi connectivity index (χ2n) is 5.71. The van der Waals surface area contributed by atoms with Crippen LogP contribution in [0.25, 0.3) is 23.1 Å². The first-order valence-electron chi connectivity index (χ1n) is 9.02. The van der Waals surface area contributed by atoms with Crippen molar-refractivity contribution in [2.24, 2.45) is 0 Å². The maximum Gasteiger partial charge on any atom is 0.212 e. The van der Waals surface area contributed by atoms with Crippen molar-refractivity contribution in [1.29, 1.82) is 0 Å². The third kappa shape index (κ3) is 3.48. The molecule has 0 spiro atoms. The maximum absolute atomic E-state index is 3.51. The van der Waals surface area contributed by atoms with E-state index in [0.717, 1.165) is 17.9 Å². The number of hydrogen-bond donors (Lipinski definition) is 1. The minimum atomic E-state index is 0.945. The van der Waals surface area contributed by atoms with E-state index in [-0.39, 0.29) is 0 Å². The van der Waals surface area contributed by atoms with Crippen LogP contribution in [0.3, 0.4) is 0 Å². The zero-order chi connectivity index (χ0) is 17.6. The quantitative estimate of drug-likeness (QED) is 0.600. The monoisotopic (exact) mass is 329 g/mol. The topological polar surface area (TPSA) is 15.9 Å². The Morgan fingerprint density at radius 3 is 2.48 bits per heavy atom. The van der Waals surface area contributed by atoms with Gasteiger partial charge in [-0.3, -0.25) is 0 Å². The molecule has 2 nitrogen and oxygen atoms in total. The van der Waals surface area contributed by atoms with Gasteiger partial charge in [0.1, 0.15) is 6.54 Å². The summed E-state index contributed by atoms with van der Waals surface area (Å²) < 4.78 is 2.35. The first-order chi connectivity index (χ1) is 12.3. The number of aryl methyl sites for hydroxylation is 1. The van der Waals surface area contributed by atoms with Crippen molar-refractivity contribution in [2.45, 2.75) is 27.3 Å². The van der Waals surface area contributed by atoms with Crippen molar-refractivity contribution in [3.8, 4) is 0 Å². The van der Waals surface area contributed by atoms with Crippen molar-refractivity contribution in [3.63, 3.8) is 0 Å². The lowest BCUT2D eigenvalue weighted by Crippen LogP contribution is -2.36. The Hall–Kier alpha value is -2.87. The first kappa shape index (κ1) is 17.0. The highest BCUT2D eigenvalue weighted by Gasteiger charge is 2.13. The molecular formula is C23H25N2+. The molecule has 1 N–H and O–H groups in total. The van der Waals surface area contributed by atoms with Gasteiger partial charge in [-0.2, -0.15) is 4.57 Å². The number of hydrogen-bond acceptors (Lipinski definition) is 1. The number of rotatable bonds is 2. The minimum absolute atomic E-state index is 0.945. The Kier molecular flexibility index (Phi) is 5.30. The third-order valence-electron chi connectivity index (χ3n) is 4.27. The Bertz CT molecular complexity index is 936. The summed E-state index contributed by atoms with van der Waals surface area (Å²) in [6.45, 7) is 7.13. The smallest absolute Gasteiger partial charge is 0.212 e. The summed E-state index contributed by atoms with van der Waals surface area (Å²) in [7, 11) is 0. The van der Waals surface area contributed by atoms with Crippen LogP contribution in [-0.2, 0) is 6.54 Å². The molecule has 2 aromatic carbocycles. The van der Waals surface area contributed by atoms with E-state index < -0.39 is 0 Å². The number of nitrogens with one attached hydrogen (secondary N) is 1. The van der Waals surface area contributed by atoms with E-state index in [4.69, 9.17) is 0 Å². The maximum atomic E-state index is 3.51. The van der Waals surface area contributed by atoms with Gasteiger partial charge in [-0.05, 0) is 36.8 Å². The van der Waals surface area contributed by atoms with Crippen LogP contribution in [0.2, 0.25) is 0 Å². The molecule has 0 unspecified atom stereocenters. The average molecular weight is 329 g/mol. The number of pyridine rings is 1. The number of allylic oxidation sites excluding steroid dienone is 1. The zero-order valence-corrected chi connectivity index (χ0v) is 15.2. The van der Waals surface area contributed by atoms with Crippen LogP contribution in [0.4, 0.5) is 5.69 Å². The summed E-state index contributed by atoms with van der Waals surface area (Å²) >= 11 is 0. The summed E-state index contributed by atoms with van der Waals surface area (Å²) in [6, 6.07) is 21.3. The van der Waals surface area contributed by atoms with Gasteiger partial charge in [-0.25, -0.2) is 0 Å². The number of benzene rings is 2. The van der Waals surface area contributed by atoms with Crippen LogP contribution in [0.1, 0.15) is 32.0 Å². The molecule has 3 aromatic rings. The Morgan fingerprint density at radius 2 is 1.64 bits per heavy atom.